The van der Waals surface area contributed by atoms with E-state index in [0.717, 1.165) is 64.2 Å². The number of allylic oxidation sites excluding steroid dienone is 2. The van der Waals surface area contributed by atoms with Crippen molar-refractivity contribution in [1.29, 1.82) is 5.41 Å². The van der Waals surface area contributed by atoms with Crippen LogP contribution in [0.4, 0.5) is 0 Å². The van der Waals surface area contributed by atoms with Crippen LogP contribution in [0.2, 0.25) is 0 Å². The third kappa shape index (κ3) is 25.9. The smallest absolute Gasteiger partial charge is 0.446 e. The maximum atomic E-state index is 14.1. The van der Waals surface area contributed by atoms with Crippen molar-refractivity contribution in [2.45, 2.75) is 189 Å². The number of rotatable bonds is 38. The van der Waals surface area contributed by atoms with Crippen molar-refractivity contribution >= 4 is 54.4 Å². The van der Waals surface area contributed by atoms with Crippen LogP contribution >= 0.6 is 42.6 Å². The molecule has 0 radical (unpaired) electrons. The van der Waals surface area contributed by atoms with Gasteiger partial charge in [-0.25, -0.2) is 4.57 Å². The van der Waals surface area contributed by atoms with E-state index in [4.69, 9.17) is 77.5 Å². The third-order valence-corrected chi connectivity index (χ3v) is 12.1. The van der Waals surface area contributed by atoms with Crippen molar-refractivity contribution in [3.8, 4) is 0 Å². The molecule has 0 aromatic rings. The predicted molar refractivity (Wildman–Crippen MR) is 244 cm³/mol. The lowest BCUT2D eigenvalue weighted by Crippen LogP contribution is -2.66. The number of ether oxygens (including phenoxy) is 5. The van der Waals surface area contributed by atoms with Gasteiger partial charge in [0, 0.05) is 27.2 Å². The number of carbonyl (C=O) groups excluding carboxylic acids is 1. The Morgan fingerprint density at radius 3 is 1.92 bits per heavy atom. The minimum absolute atomic E-state index is 0.0990. The van der Waals surface area contributed by atoms with Gasteiger partial charge in [-0.3, -0.25) is 23.8 Å². The molecule has 2 unspecified atom stereocenters. The molecule has 60 heavy (non-hydrogen) atoms. The van der Waals surface area contributed by atoms with Gasteiger partial charge in [0.05, 0.1) is 25.9 Å². The Bertz CT molecular complexity index is 1210. The first kappa shape index (κ1) is 57.0. The zero-order chi connectivity index (χ0) is 44.5. The van der Waals surface area contributed by atoms with Gasteiger partial charge in [0.15, 0.2) is 0 Å². The summed E-state index contributed by atoms with van der Waals surface area (Å²) >= 11 is 18.1. The average molecular weight is 932 g/mol. The van der Waals surface area contributed by atoms with Crippen LogP contribution in [0.15, 0.2) is 37.5 Å². The van der Waals surface area contributed by atoms with E-state index in [1.165, 1.54) is 70.6 Å². The molecule has 350 valence electrons. The molecule has 1 rings (SSSR count). The van der Waals surface area contributed by atoms with Crippen molar-refractivity contribution in [3.63, 3.8) is 0 Å². The van der Waals surface area contributed by atoms with Crippen LogP contribution in [0.3, 0.4) is 0 Å². The summed E-state index contributed by atoms with van der Waals surface area (Å²) in [6.07, 6.45) is 24.4. The van der Waals surface area contributed by atoms with Crippen molar-refractivity contribution in [3.05, 3.63) is 37.5 Å². The molecule has 16 heteroatoms. The normalized spacial score (nSPS) is 20.3. The molecule has 1 amide bonds. The number of phosphoric ester groups is 1. The van der Waals surface area contributed by atoms with Crippen LogP contribution < -0.4 is 5.32 Å². The summed E-state index contributed by atoms with van der Waals surface area (Å²) in [5.74, 6) is -1.05. The molecule has 0 saturated carbocycles. The maximum absolute atomic E-state index is 14.1. The van der Waals surface area contributed by atoms with Gasteiger partial charge >= 0.3 is 7.82 Å². The second-order valence-corrected chi connectivity index (χ2v) is 19.1. The molecule has 0 bridgehead atoms. The fourth-order valence-corrected chi connectivity index (χ4v) is 8.26. The number of phosphoric acid groups is 1. The van der Waals surface area contributed by atoms with Crippen molar-refractivity contribution < 1.29 is 46.6 Å². The lowest BCUT2D eigenvalue weighted by molar-refractivity contribution is -0.256. The highest BCUT2D eigenvalue weighted by atomic mass is 35.6. The number of carbonyl (C=O) groups is 1. The topological polar surface area (TPSA) is 144 Å². The minimum atomic E-state index is -4.33. The molecule has 1 aliphatic heterocycles. The summed E-state index contributed by atoms with van der Waals surface area (Å²) in [5, 5.41) is 11.4. The van der Waals surface area contributed by atoms with Crippen LogP contribution in [0, 0.1) is 5.41 Å². The van der Waals surface area contributed by atoms with Crippen LogP contribution in [-0.4, -0.2) is 93.0 Å². The molecule has 1 heterocycles. The van der Waals surface area contributed by atoms with Crippen molar-refractivity contribution in [1.82, 2.24) is 5.32 Å². The van der Waals surface area contributed by atoms with Gasteiger partial charge < -0.3 is 29.0 Å². The number of hydrogen-bond acceptors (Lipinski definition) is 11. The molecule has 1 fully saturated rings. The molecule has 0 spiro atoms. The van der Waals surface area contributed by atoms with Crippen LogP contribution in [0.5, 0.6) is 0 Å². The molecule has 0 aromatic heterocycles. The number of amides is 1. The summed E-state index contributed by atoms with van der Waals surface area (Å²) in [5.41, 5.74) is 0. The Hall–Kier alpha value is -1.02. The number of unbranched alkanes of at least 4 members (excludes halogenated alkanes) is 15. The minimum Gasteiger partial charge on any atom is -0.446 e. The molecule has 6 atom stereocenters. The standard InChI is InChI=1S/C44H78Cl3N2O10P/c1-7-11-13-15-16-17-18-19-20-21-22-23-24-26-28-30-38(50)49-39-41(54-34-31-36(53-6)29-27-25-14-12-8-2)40(59-60(51,55-32-9-3)56-33-10-4)37(35-52-5)57-42(39)58-43(48)44(45,46)47/h9-10,17-18,36-37,39-42,48H,3-4,7-8,11-16,19-35H2,1-2,5-6H3,(H,49,50)/t36-,37?,39-,40-,41-,42?/m1/s1. The molecule has 2 N–H and O–H groups in total. The quantitative estimate of drug-likeness (QED) is 0.0153. The number of alkyl halides is 3. The second kappa shape index (κ2) is 35.3. The molecule has 1 aliphatic rings. The second-order valence-electron chi connectivity index (χ2n) is 15.2. The monoisotopic (exact) mass is 930 g/mol. The summed E-state index contributed by atoms with van der Waals surface area (Å²) in [7, 11) is -1.21. The van der Waals surface area contributed by atoms with E-state index in [9.17, 15) is 9.36 Å². The Morgan fingerprint density at radius 2 is 1.37 bits per heavy atom. The van der Waals surface area contributed by atoms with E-state index < -0.39 is 48.2 Å². The van der Waals surface area contributed by atoms with E-state index in [0.29, 0.717) is 12.8 Å². The summed E-state index contributed by atoms with van der Waals surface area (Å²) in [4.78, 5) is 13.7. The highest BCUT2D eigenvalue weighted by Crippen LogP contribution is 2.52. The largest absolute Gasteiger partial charge is 0.475 e. The molecular weight excluding hydrogens is 854 g/mol. The van der Waals surface area contributed by atoms with Gasteiger partial charge in [-0.05, 0) is 44.9 Å². The zero-order valence-electron chi connectivity index (χ0n) is 37.0. The van der Waals surface area contributed by atoms with E-state index in [1.54, 1.807) is 7.11 Å². The molecule has 12 nitrogen and oxygen atoms in total. The Kier molecular flexibility index (Phi) is 33.6. The Morgan fingerprint density at radius 1 is 0.817 bits per heavy atom. The van der Waals surface area contributed by atoms with Crippen molar-refractivity contribution in [2.24, 2.45) is 0 Å². The third-order valence-electron chi connectivity index (χ3n) is 10.1. The maximum Gasteiger partial charge on any atom is 0.475 e. The molecule has 1 saturated heterocycles. The SMILES string of the molecule is C=CCOP(=O)(OCC=C)O[C@@H]1C(COC)OC(OC(=N)C(Cl)(Cl)Cl)[C@H](NC(=O)CCCCCCCCCC=CCCCCCC)[C@H]1OCC[C@@H](CCCCCCC)OC. The van der Waals surface area contributed by atoms with E-state index >= 15 is 0 Å². The van der Waals surface area contributed by atoms with E-state index in [-0.39, 0.29) is 44.9 Å². The van der Waals surface area contributed by atoms with Gasteiger partial charge in [-0.1, -0.05) is 156 Å². The number of nitrogens with one attached hydrogen (secondary N) is 2. The Balaban J connectivity index is 3.20. The Labute approximate surface area is 377 Å². The van der Waals surface area contributed by atoms with E-state index in [2.05, 4.69) is 44.5 Å². The first-order valence-corrected chi connectivity index (χ1v) is 24.8. The fraction of sp³-hybridized carbons (Fsp3) is 0.818. The summed E-state index contributed by atoms with van der Waals surface area (Å²) < 4.78 is 59.0. The van der Waals surface area contributed by atoms with Crippen LogP contribution in [0.25, 0.3) is 0 Å². The number of hydrogen-bond donors (Lipinski definition) is 2. The first-order chi connectivity index (χ1) is 28.9. The van der Waals surface area contributed by atoms with Gasteiger partial charge in [-0.2, -0.15) is 0 Å². The lowest BCUT2D eigenvalue weighted by atomic mass is 9.96. The fourth-order valence-electron chi connectivity index (χ4n) is 6.80. The van der Waals surface area contributed by atoms with E-state index in [1.807, 2.05) is 0 Å². The first-order valence-electron chi connectivity index (χ1n) is 22.2. The summed E-state index contributed by atoms with van der Waals surface area (Å²) in [6.45, 7) is 11.4. The van der Waals surface area contributed by atoms with Crippen LogP contribution in [0.1, 0.15) is 149 Å². The van der Waals surface area contributed by atoms with Gasteiger partial charge in [-0.15, -0.1) is 13.2 Å². The highest BCUT2D eigenvalue weighted by Gasteiger charge is 2.53. The molecule has 0 aromatic carbocycles. The zero-order valence-corrected chi connectivity index (χ0v) is 40.2. The summed E-state index contributed by atoms with van der Waals surface area (Å²) in [6, 6.07) is -1.14. The van der Waals surface area contributed by atoms with Gasteiger partial charge in [0.25, 0.3) is 3.79 Å². The molecule has 0 aliphatic carbocycles. The van der Waals surface area contributed by atoms with Crippen LogP contribution in [-0.2, 0) is 46.6 Å². The predicted octanol–water partition coefficient (Wildman–Crippen LogP) is 12.3. The molecular formula is C44H78Cl3N2O10P. The number of methoxy groups -OCH3 is 2. The van der Waals surface area contributed by atoms with Crippen molar-refractivity contribution in [2.75, 3.05) is 40.6 Å². The average Bonchev–Trinajstić information content (AvgIpc) is 3.21. The van der Waals surface area contributed by atoms with Gasteiger partial charge in [0.2, 0.25) is 18.1 Å². The highest BCUT2D eigenvalue weighted by molar-refractivity contribution is 7.48. The lowest BCUT2D eigenvalue weighted by Gasteiger charge is -2.46. The number of halogens is 3. The van der Waals surface area contributed by atoms with Gasteiger partial charge in [0.1, 0.15) is 24.4 Å².